The number of hydrogen-bond donors (Lipinski definition) is 0. The van der Waals surface area contributed by atoms with Crippen LogP contribution in [-0.2, 0) is 0 Å². The normalized spacial score (nSPS) is 44.6. The van der Waals surface area contributed by atoms with Gasteiger partial charge in [0.05, 0.1) is 0 Å². The van der Waals surface area contributed by atoms with Crippen molar-refractivity contribution in [1.82, 2.24) is 0 Å². The summed E-state index contributed by atoms with van der Waals surface area (Å²) < 4.78 is 0. The van der Waals surface area contributed by atoms with Gasteiger partial charge in [0.25, 0.3) is 0 Å². The van der Waals surface area contributed by atoms with Crippen molar-refractivity contribution in [3.8, 4) is 0 Å². The van der Waals surface area contributed by atoms with Crippen molar-refractivity contribution in [1.29, 1.82) is 0 Å². The molecule has 2 rings (SSSR count). The summed E-state index contributed by atoms with van der Waals surface area (Å²) >= 11 is 0. The molecule has 0 radical (unpaired) electrons. The van der Waals surface area contributed by atoms with Crippen LogP contribution in [0, 0.1) is 29.6 Å². The zero-order valence-electron chi connectivity index (χ0n) is 10.8. The average Bonchev–Trinajstić information content (AvgIpc) is 2.89. The highest BCUT2D eigenvalue weighted by Gasteiger charge is 2.51. The Labute approximate surface area is 95.8 Å². The van der Waals surface area contributed by atoms with Gasteiger partial charge in [-0.25, -0.2) is 0 Å². The van der Waals surface area contributed by atoms with Gasteiger partial charge in [0.15, 0.2) is 0 Å². The quantitative estimate of drug-likeness (QED) is 0.577. The molecule has 0 amide bonds. The summed E-state index contributed by atoms with van der Waals surface area (Å²) in [6, 6.07) is 0. The summed E-state index contributed by atoms with van der Waals surface area (Å²) in [6.45, 7) is 7.35. The maximum Gasteiger partial charge on any atom is -0.0326 e. The lowest BCUT2D eigenvalue weighted by atomic mass is 9.83. The molecule has 0 saturated heterocycles. The van der Waals surface area contributed by atoms with Crippen LogP contribution in [0.4, 0.5) is 0 Å². The Kier molecular flexibility index (Phi) is 3.74. The smallest absolute Gasteiger partial charge is 0.0326 e. The van der Waals surface area contributed by atoms with E-state index in [4.69, 9.17) is 0 Å². The first kappa shape index (κ1) is 11.5. The van der Waals surface area contributed by atoms with Gasteiger partial charge in [0.1, 0.15) is 0 Å². The predicted octanol–water partition coefficient (Wildman–Crippen LogP) is 4.89. The molecule has 0 nitrogen and oxygen atoms in total. The van der Waals surface area contributed by atoms with Crippen LogP contribution >= 0.6 is 0 Å². The number of hydrogen-bond acceptors (Lipinski definition) is 0. The van der Waals surface area contributed by atoms with E-state index in [9.17, 15) is 0 Å². The fraction of sp³-hybridized carbons (Fsp3) is 1.00. The minimum atomic E-state index is 1.03. The molecule has 5 atom stereocenters. The topological polar surface area (TPSA) is 0 Å². The van der Waals surface area contributed by atoms with Gasteiger partial charge in [-0.2, -0.15) is 0 Å². The highest BCUT2D eigenvalue weighted by molar-refractivity contribution is 5.00. The van der Waals surface area contributed by atoms with Gasteiger partial charge in [-0.3, -0.25) is 0 Å². The number of unbranched alkanes of at least 4 members (excludes halogenated alkanes) is 2. The second-order valence-electron chi connectivity index (χ2n) is 6.15. The Morgan fingerprint density at radius 1 is 1.00 bits per heavy atom. The lowest BCUT2D eigenvalue weighted by Gasteiger charge is -2.23. The van der Waals surface area contributed by atoms with Crippen LogP contribution in [0.3, 0.4) is 0 Å². The van der Waals surface area contributed by atoms with Crippen LogP contribution in [0.2, 0.25) is 0 Å². The SMILES string of the molecule is CCCCCC1CCCC2C(C)C2C1C. The van der Waals surface area contributed by atoms with Crippen LogP contribution in [-0.4, -0.2) is 0 Å². The Bertz CT molecular complexity index is 196. The van der Waals surface area contributed by atoms with Gasteiger partial charge >= 0.3 is 0 Å². The number of rotatable bonds is 4. The van der Waals surface area contributed by atoms with E-state index in [2.05, 4.69) is 20.8 Å². The average molecular weight is 208 g/mol. The van der Waals surface area contributed by atoms with Crippen molar-refractivity contribution in [2.45, 2.75) is 65.7 Å². The Hall–Kier alpha value is 0. The molecule has 2 aliphatic carbocycles. The molecule has 15 heavy (non-hydrogen) atoms. The standard InChI is InChI=1S/C15H28/c1-4-5-6-8-13-9-7-10-14-12(3)15(14)11(13)2/h11-15H,4-10H2,1-3H3. The first-order chi connectivity index (χ1) is 7.25. The van der Waals surface area contributed by atoms with Gasteiger partial charge in [0.2, 0.25) is 0 Å². The molecule has 2 fully saturated rings. The number of fused-ring (bicyclic) bond motifs is 1. The summed E-state index contributed by atoms with van der Waals surface area (Å²) in [5.74, 6) is 5.39. The molecule has 0 spiro atoms. The van der Waals surface area contributed by atoms with Gasteiger partial charge < -0.3 is 0 Å². The summed E-state index contributed by atoms with van der Waals surface area (Å²) in [6.07, 6.45) is 10.4. The van der Waals surface area contributed by atoms with Crippen molar-refractivity contribution in [2.75, 3.05) is 0 Å². The van der Waals surface area contributed by atoms with Gasteiger partial charge in [0, 0.05) is 0 Å². The van der Waals surface area contributed by atoms with E-state index in [1.165, 1.54) is 38.5 Å². The van der Waals surface area contributed by atoms with Crippen molar-refractivity contribution < 1.29 is 0 Å². The van der Waals surface area contributed by atoms with Crippen molar-refractivity contribution in [2.24, 2.45) is 29.6 Å². The minimum Gasteiger partial charge on any atom is -0.0654 e. The van der Waals surface area contributed by atoms with E-state index in [-0.39, 0.29) is 0 Å². The zero-order chi connectivity index (χ0) is 10.8. The van der Waals surface area contributed by atoms with Crippen LogP contribution in [0.25, 0.3) is 0 Å². The van der Waals surface area contributed by atoms with E-state index in [0.29, 0.717) is 0 Å². The lowest BCUT2D eigenvalue weighted by Crippen LogP contribution is -2.13. The Morgan fingerprint density at radius 3 is 2.53 bits per heavy atom. The highest BCUT2D eigenvalue weighted by Crippen LogP contribution is 2.58. The Morgan fingerprint density at radius 2 is 1.80 bits per heavy atom. The largest absolute Gasteiger partial charge is 0.0654 e. The molecule has 2 saturated carbocycles. The van der Waals surface area contributed by atoms with Crippen LogP contribution in [0.1, 0.15) is 65.7 Å². The molecule has 0 N–H and O–H groups in total. The lowest BCUT2D eigenvalue weighted by molar-refractivity contribution is 0.275. The predicted molar refractivity (Wildman–Crippen MR) is 66.8 cm³/mol. The molecule has 0 aromatic rings. The molecule has 0 aromatic heterocycles. The minimum absolute atomic E-state index is 1.03. The van der Waals surface area contributed by atoms with E-state index in [0.717, 1.165) is 29.6 Å². The van der Waals surface area contributed by atoms with Crippen LogP contribution in [0.15, 0.2) is 0 Å². The van der Waals surface area contributed by atoms with Crippen molar-refractivity contribution in [3.05, 3.63) is 0 Å². The molecular weight excluding hydrogens is 180 g/mol. The Balaban J connectivity index is 1.82. The third-order valence-corrected chi connectivity index (χ3v) is 5.28. The van der Waals surface area contributed by atoms with Crippen LogP contribution < -0.4 is 0 Å². The maximum atomic E-state index is 2.54. The first-order valence-electron chi connectivity index (χ1n) is 7.25. The molecule has 88 valence electrons. The van der Waals surface area contributed by atoms with Crippen LogP contribution in [0.5, 0.6) is 0 Å². The van der Waals surface area contributed by atoms with Crippen molar-refractivity contribution in [3.63, 3.8) is 0 Å². The van der Waals surface area contributed by atoms with Crippen molar-refractivity contribution >= 4 is 0 Å². The van der Waals surface area contributed by atoms with Gasteiger partial charge in [-0.05, 0) is 36.0 Å². The molecule has 0 aliphatic heterocycles. The highest BCUT2D eigenvalue weighted by atomic mass is 14.6. The van der Waals surface area contributed by atoms with E-state index < -0.39 is 0 Å². The maximum absolute atomic E-state index is 2.54. The molecule has 0 aromatic carbocycles. The molecule has 5 unspecified atom stereocenters. The fourth-order valence-corrected chi connectivity index (χ4v) is 4.16. The fourth-order valence-electron chi connectivity index (χ4n) is 4.16. The zero-order valence-corrected chi connectivity index (χ0v) is 10.8. The molecule has 0 heterocycles. The summed E-state index contributed by atoms with van der Waals surface area (Å²) in [4.78, 5) is 0. The molecule has 0 heteroatoms. The van der Waals surface area contributed by atoms with Gasteiger partial charge in [-0.1, -0.05) is 59.3 Å². The second kappa shape index (κ2) is 4.89. The summed E-state index contributed by atoms with van der Waals surface area (Å²) in [7, 11) is 0. The second-order valence-corrected chi connectivity index (χ2v) is 6.15. The molecule has 2 aliphatic rings. The van der Waals surface area contributed by atoms with E-state index >= 15 is 0 Å². The molecular formula is C15H28. The molecule has 0 bridgehead atoms. The summed E-state index contributed by atoms with van der Waals surface area (Å²) in [5, 5.41) is 0. The van der Waals surface area contributed by atoms with E-state index in [1.54, 1.807) is 6.42 Å². The summed E-state index contributed by atoms with van der Waals surface area (Å²) in [5.41, 5.74) is 0. The third-order valence-electron chi connectivity index (χ3n) is 5.28. The third kappa shape index (κ3) is 2.40. The van der Waals surface area contributed by atoms with Gasteiger partial charge in [-0.15, -0.1) is 0 Å². The van der Waals surface area contributed by atoms with E-state index in [1.807, 2.05) is 0 Å². The monoisotopic (exact) mass is 208 g/mol. The first-order valence-corrected chi connectivity index (χ1v) is 7.25.